The van der Waals surface area contributed by atoms with E-state index < -0.39 is 93.3 Å². The molecule has 28 nitrogen and oxygen atoms in total. The monoisotopic (exact) mass is 1610 g/mol. The summed E-state index contributed by atoms with van der Waals surface area (Å²) < 4.78 is 63.5. The van der Waals surface area contributed by atoms with E-state index in [-0.39, 0.29) is 107 Å². The van der Waals surface area contributed by atoms with Crippen LogP contribution in [0.3, 0.4) is 0 Å². The number of aromatic carboxylic acids is 2. The number of amides is 5. The molecule has 13 N–H and O–H groups in total. The number of carbonyl (C=O) groups excluding carboxylic acids is 8. The van der Waals surface area contributed by atoms with Gasteiger partial charge < -0.3 is 82.5 Å². The molecule has 8 aromatic carbocycles. The first kappa shape index (κ1) is 88.0. The minimum absolute atomic E-state index is 0.0603. The van der Waals surface area contributed by atoms with Gasteiger partial charge in [0.2, 0.25) is 0 Å². The fourth-order valence-electron chi connectivity index (χ4n) is 12.5. The van der Waals surface area contributed by atoms with Crippen molar-refractivity contribution >= 4 is 71.6 Å². The molecule has 6 atom stereocenters. The third-order valence-electron chi connectivity index (χ3n) is 18.5. The van der Waals surface area contributed by atoms with Crippen molar-refractivity contribution < 1.29 is 95.4 Å². The van der Waals surface area contributed by atoms with Crippen molar-refractivity contribution in [3.05, 3.63) is 265 Å². The van der Waals surface area contributed by atoms with E-state index in [1.807, 2.05) is 32.9 Å². The second kappa shape index (κ2) is 39.4. The number of benzene rings is 8. The number of likely N-dealkylation sites (tertiary alicyclic amines) is 2. The Morgan fingerprint density at radius 2 is 0.786 bits per heavy atom. The SMILES string of the molecule is CC(C)(C)OC(=O)N1C[C@@H](N)[C@H](N)C1.CCOc1cccc(F)c1C(=O)c1ccc(C(=O)N[C@@H]2CN(C(=O)OC(C)(C)C)C[C@H]2N)cc1.CCOc1cccc(F)c1C(=O)c1ccc(C(=O)O)cc1.O=C(N[C@@H]1CNC[C@H]1NC(=O)c1ccc2c(c1)C=NC2)c1ccc(C(=O)c2c(O)cccc2F)cc1.O=C(O)c1ccc2c(c1)C=NC2. The van der Waals surface area contributed by atoms with Crippen LogP contribution in [0, 0.1) is 17.5 Å². The van der Waals surface area contributed by atoms with Crippen LogP contribution in [0.1, 0.15) is 177 Å². The second-order valence-corrected chi connectivity index (χ2v) is 29.5. The molecule has 5 aliphatic rings. The van der Waals surface area contributed by atoms with E-state index in [1.54, 1.807) is 76.2 Å². The topological polar surface area (TPSA) is 426 Å². The molecule has 0 spiro atoms. The van der Waals surface area contributed by atoms with Crippen molar-refractivity contribution in [1.29, 1.82) is 0 Å². The zero-order chi connectivity index (χ0) is 85.2. The largest absolute Gasteiger partial charge is 0.507 e. The number of nitrogens with two attached hydrogens (primary N) is 3. The Balaban J connectivity index is 0.000000177. The van der Waals surface area contributed by atoms with Gasteiger partial charge in [0.05, 0.1) is 61.1 Å². The van der Waals surface area contributed by atoms with Gasteiger partial charge in [0.15, 0.2) is 17.3 Å². The summed E-state index contributed by atoms with van der Waals surface area (Å²) in [5.74, 6) is -7.03. The number of nitrogens with one attached hydrogen (secondary N) is 4. The highest BCUT2D eigenvalue weighted by Gasteiger charge is 2.38. The number of aliphatic imine (C=N–C) groups is 2. The molecule has 5 heterocycles. The summed E-state index contributed by atoms with van der Waals surface area (Å²) >= 11 is 0. The number of rotatable bonds is 18. The van der Waals surface area contributed by atoms with E-state index in [2.05, 4.69) is 31.3 Å². The number of phenols is 1. The van der Waals surface area contributed by atoms with Crippen LogP contribution in [0.15, 0.2) is 174 Å². The number of ether oxygens (including phenoxy) is 4. The number of carboxylic acids is 2. The van der Waals surface area contributed by atoms with Crippen molar-refractivity contribution in [1.82, 2.24) is 31.1 Å². The Labute approximate surface area is 672 Å². The summed E-state index contributed by atoms with van der Waals surface area (Å²) in [6, 6.07) is 37.7. The molecule has 5 amide bonds. The number of aromatic hydroxyl groups is 1. The van der Waals surface area contributed by atoms with Crippen molar-refractivity contribution in [3.8, 4) is 17.2 Å². The predicted octanol–water partition coefficient (Wildman–Crippen LogP) is 9.69. The fourth-order valence-corrected chi connectivity index (χ4v) is 12.5. The van der Waals surface area contributed by atoms with Gasteiger partial charge in [-0.1, -0.05) is 66.7 Å². The number of halogens is 3. The molecule has 0 radical (unpaired) electrons. The Kier molecular flexibility index (Phi) is 29.6. The highest BCUT2D eigenvalue weighted by atomic mass is 19.1. The van der Waals surface area contributed by atoms with Crippen molar-refractivity contribution in [3.63, 3.8) is 0 Å². The number of nitrogens with zero attached hydrogens (tertiary/aromatic N) is 4. The van der Waals surface area contributed by atoms with Crippen LogP contribution in [0.2, 0.25) is 0 Å². The van der Waals surface area contributed by atoms with E-state index in [0.29, 0.717) is 68.1 Å². The number of hydrogen-bond donors (Lipinski definition) is 10. The van der Waals surface area contributed by atoms with Gasteiger partial charge in [-0.3, -0.25) is 38.8 Å². The van der Waals surface area contributed by atoms with E-state index in [1.165, 1.54) is 126 Å². The average Bonchev–Trinajstić information content (AvgIpc) is 1.78. The van der Waals surface area contributed by atoms with Crippen LogP contribution in [-0.2, 0) is 22.6 Å². The number of ketones is 3. The summed E-state index contributed by atoms with van der Waals surface area (Å²) in [4.78, 5) is 133. The van der Waals surface area contributed by atoms with E-state index in [4.69, 9.17) is 46.4 Å². The highest BCUT2D eigenvalue weighted by Crippen LogP contribution is 2.29. The summed E-state index contributed by atoms with van der Waals surface area (Å²) in [6.45, 7) is 18.6. The quantitative estimate of drug-likeness (QED) is 0.0357. The molecule has 8 aromatic rings. The molecule has 0 aliphatic carbocycles. The molecule has 5 aliphatic heterocycles. The maximum absolute atomic E-state index is 14.3. The lowest BCUT2D eigenvalue weighted by Gasteiger charge is -2.24. The molecule has 13 rings (SSSR count). The van der Waals surface area contributed by atoms with Crippen LogP contribution in [0.4, 0.5) is 22.8 Å². The summed E-state index contributed by atoms with van der Waals surface area (Å²) in [5, 5.41) is 39.3. The third kappa shape index (κ3) is 23.6. The van der Waals surface area contributed by atoms with Crippen LogP contribution in [0.25, 0.3) is 0 Å². The van der Waals surface area contributed by atoms with Crippen molar-refractivity contribution in [2.75, 3.05) is 52.5 Å². The molecule has 0 unspecified atom stereocenters. The van der Waals surface area contributed by atoms with E-state index in [0.717, 1.165) is 28.3 Å². The van der Waals surface area contributed by atoms with E-state index in [9.17, 15) is 66.2 Å². The van der Waals surface area contributed by atoms with Crippen LogP contribution in [0.5, 0.6) is 17.2 Å². The standard InChI is InChI=1S/C27H23FN4O4.C25H30FN3O5.C16H13FO4.C9H19N3O2.C9H7NO2/c28-20-2-1-3-23(33)24(20)25(34)15-4-6-16(7-5-15)26(35)31-21-13-30-14-22(21)32-27(36)17-8-9-18-11-29-12-19(18)10-17;1-5-33-20-8-6-7-17(26)21(20)22(30)15-9-11-16(12-10-15)23(31)28-19-14-29(13-18(19)27)24(32)34-25(2,3)4;1-2-21-13-5-3-4-12(17)14(13)15(18)10-6-8-11(9-7-10)16(19)20;1-9(2,3)14-8(13)12-4-6(10)7(11)5-12;11-9(12)6-1-2-7-4-10-5-8(7)3-6/h1-10,12,21-22,30,33H,11,13-14H2,(H,31,35)(H,32,36);6-12,18-19H,5,13-14,27H2,1-4H3,(H,28,31);3-9H,2H2,1H3,(H,19,20);6-7H,4-5,10-11H2,1-3H3;1-3,5H,4H2,(H,11,12)/t21-,22-;18-,19-;;6-,7-;/m11.1./s1. The van der Waals surface area contributed by atoms with Crippen LogP contribution >= 0.6 is 0 Å². The Hall–Kier alpha value is -13.0. The van der Waals surface area contributed by atoms with Gasteiger partial charge in [0.1, 0.15) is 57.0 Å². The summed E-state index contributed by atoms with van der Waals surface area (Å²) in [7, 11) is 0. The second-order valence-electron chi connectivity index (χ2n) is 29.5. The smallest absolute Gasteiger partial charge is 0.410 e. The molecule has 0 aromatic heterocycles. The molecule has 0 saturated carbocycles. The van der Waals surface area contributed by atoms with Crippen LogP contribution < -0.4 is 47.9 Å². The van der Waals surface area contributed by atoms with Gasteiger partial charge in [-0.2, -0.15) is 0 Å². The number of hydrogen-bond acceptors (Lipinski definition) is 21. The number of phenolic OH excluding ortho intramolecular Hbond substituents is 1. The van der Waals surface area contributed by atoms with Gasteiger partial charge in [0.25, 0.3) is 17.7 Å². The molecule has 3 fully saturated rings. The summed E-state index contributed by atoms with van der Waals surface area (Å²) in [6.07, 6.45) is 2.65. The molecule has 31 heteroatoms. The maximum atomic E-state index is 14.3. The van der Waals surface area contributed by atoms with Crippen molar-refractivity contribution in [2.24, 2.45) is 27.2 Å². The lowest BCUT2D eigenvalue weighted by molar-refractivity contribution is 0.0279. The highest BCUT2D eigenvalue weighted by molar-refractivity contribution is 6.13. The van der Waals surface area contributed by atoms with E-state index >= 15 is 0 Å². The molecule has 117 heavy (non-hydrogen) atoms. The van der Waals surface area contributed by atoms with Gasteiger partial charge >= 0.3 is 24.1 Å². The predicted molar refractivity (Wildman–Crippen MR) is 428 cm³/mol. The van der Waals surface area contributed by atoms with Crippen molar-refractivity contribution in [2.45, 2.75) is 116 Å². The first-order chi connectivity index (χ1) is 55.5. The fraction of sp³-hybridized carbons (Fsp3) is 0.302. The average molecular weight is 1610 g/mol. The number of fused-ring (bicyclic) bond motifs is 2. The third-order valence-corrected chi connectivity index (χ3v) is 18.5. The Bertz CT molecular complexity index is 5040. The zero-order valence-electron chi connectivity index (χ0n) is 65.5. The van der Waals surface area contributed by atoms with Gasteiger partial charge in [-0.05, 0) is 175 Å². The lowest BCUT2D eigenvalue weighted by Crippen LogP contribution is -2.51. The lowest BCUT2D eigenvalue weighted by atomic mass is 10.0. The number of carbonyl (C=O) groups is 10. The first-order valence-corrected chi connectivity index (χ1v) is 37.3. The molecular weight excluding hydrogens is 1520 g/mol. The minimum Gasteiger partial charge on any atom is -0.507 e. The molecule has 614 valence electrons. The Morgan fingerprint density at radius 1 is 0.444 bits per heavy atom. The minimum atomic E-state index is -1.09. The number of carboxylic acid groups (broad SMARTS) is 2. The molecule has 3 saturated heterocycles. The van der Waals surface area contributed by atoms with Crippen LogP contribution in [-0.4, -0.2) is 197 Å². The molecular formula is C86H92F3N11O17. The zero-order valence-corrected chi connectivity index (χ0v) is 65.5. The summed E-state index contributed by atoms with van der Waals surface area (Å²) in [5.41, 5.74) is 21.8. The van der Waals surface area contributed by atoms with Gasteiger partial charge in [-0.15, -0.1) is 0 Å². The van der Waals surface area contributed by atoms with Gasteiger partial charge in [-0.25, -0.2) is 32.3 Å². The maximum Gasteiger partial charge on any atom is 0.410 e. The first-order valence-electron chi connectivity index (χ1n) is 37.3. The molecule has 0 bridgehead atoms. The van der Waals surface area contributed by atoms with Gasteiger partial charge in [0, 0.05) is 103 Å². The normalized spacial score (nSPS) is 17.2. The Morgan fingerprint density at radius 3 is 1.20 bits per heavy atom.